The van der Waals surface area contributed by atoms with Gasteiger partial charge in [0, 0.05) is 12.6 Å². The summed E-state index contributed by atoms with van der Waals surface area (Å²) < 4.78 is 15.2. The Balaban J connectivity index is 1.47. The zero-order chi connectivity index (χ0) is 18.2. The number of hydrogen-bond acceptors (Lipinski definition) is 3. The maximum atomic E-state index is 13.5. The molecule has 3 aromatic rings. The molecule has 1 amide bonds. The molecule has 132 valence electrons. The average molecular weight is 350 g/mol. The molecule has 0 fully saturated rings. The average Bonchev–Trinajstić information content (AvgIpc) is 3.10. The molecule has 0 saturated carbocycles. The lowest BCUT2D eigenvalue weighted by atomic mass is 10.1. The molecule has 0 spiro atoms. The summed E-state index contributed by atoms with van der Waals surface area (Å²) in [6, 6.07) is 16.5. The number of rotatable bonds is 7. The lowest BCUT2D eigenvalue weighted by molar-refractivity contribution is -0.116. The van der Waals surface area contributed by atoms with Crippen molar-refractivity contribution in [1.82, 2.24) is 20.3 Å². The SMILES string of the molecule is O=C(/C=C/c1cn(Cc2ccccc2)nn1)NCCc1ccccc1F. The van der Waals surface area contributed by atoms with E-state index in [9.17, 15) is 9.18 Å². The van der Waals surface area contributed by atoms with Crippen molar-refractivity contribution in [3.8, 4) is 0 Å². The summed E-state index contributed by atoms with van der Waals surface area (Å²) in [7, 11) is 0. The van der Waals surface area contributed by atoms with Crippen LogP contribution >= 0.6 is 0 Å². The van der Waals surface area contributed by atoms with E-state index in [0.717, 1.165) is 5.56 Å². The second-order valence-electron chi connectivity index (χ2n) is 5.79. The number of carbonyl (C=O) groups is 1. The Morgan fingerprint density at radius 3 is 2.69 bits per heavy atom. The van der Waals surface area contributed by atoms with Crippen molar-refractivity contribution in [3.63, 3.8) is 0 Å². The van der Waals surface area contributed by atoms with E-state index in [0.29, 0.717) is 30.8 Å². The first kappa shape index (κ1) is 17.5. The molecule has 0 atom stereocenters. The maximum absolute atomic E-state index is 13.5. The van der Waals surface area contributed by atoms with Crippen LogP contribution in [0.3, 0.4) is 0 Å². The first-order chi connectivity index (χ1) is 12.7. The number of amides is 1. The molecule has 1 N–H and O–H groups in total. The highest BCUT2D eigenvalue weighted by atomic mass is 19.1. The van der Waals surface area contributed by atoms with Gasteiger partial charge in [0.2, 0.25) is 5.91 Å². The smallest absolute Gasteiger partial charge is 0.244 e. The van der Waals surface area contributed by atoms with Gasteiger partial charge in [-0.15, -0.1) is 5.10 Å². The molecule has 0 aliphatic rings. The van der Waals surface area contributed by atoms with Gasteiger partial charge in [0.05, 0.1) is 12.7 Å². The van der Waals surface area contributed by atoms with E-state index in [2.05, 4.69) is 15.6 Å². The summed E-state index contributed by atoms with van der Waals surface area (Å²) in [5, 5.41) is 10.8. The Kier molecular flexibility index (Phi) is 5.88. The standard InChI is InChI=1S/C20H19FN4O/c21-19-9-5-4-8-17(19)12-13-22-20(26)11-10-18-15-25(24-23-18)14-16-6-2-1-3-7-16/h1-11,15H,12-14H2,(H,22,26)/b11-10+. The fraction of sp³-hybridized carbons (Fsp3) is 0.150. The number of halogens is 1. The number of carbonyl (C=O) groups excluding carboxylic acids is 1. The summed E-state index contributed by atoms with van der Waals surface area (Å²) >= 11 is 0. The Morgan fingerprint density at radius 2 is 1.88 bits per heavy atom. The minimum Gasteiger partial charge on any atom is -0.352 e. The van der Waals surface area contributed by atoms with Gasteiger partial charge in [0.1, 0.15) is 11.5 Å². The van der Waals surface area contributed by atoms with Gasteiger partial charge in [-0.1, -0.05) is 53.7 Å². The van der Waals surface area contributed by atoms with Crippen LogP contribution in [-0.2, 0) is 17.8 Å². The van der Waals surface area contributed by atoms with Crippen molar-refractivity contribution in [2.24, 2.45) is 0 Å². The van der Waals surface area contributed by atoms with Gasteiger partial charge in [-0.25, -0.2) is 9.07 Å². The Hall–Kier alpha value is -3.28. The van der Waals surface area contributed by atoms with Gasteiger partial charge in [-0.3, -0.25) is 4.79 Å². The van der Waals surface area contributed by atoms with E-state index >= 15 is 0 Å². The van der Waals surface area contributed by atoms with Crippen LogP contribution in [0.2, 0.25) is 0 Å². The summed E-state index contributed by atoms with van der Waals surface area (Å²) in [5.74, 6) is -0.508. The molecule has 6 heteroatoms. The normalized spacial score (nSPS) is 11.0. The van der Waals surface area contributed by atoms with Crippen molar-refractivity contribution in [2.45, 2.75) is 13.0 Å². The Bertz CT molecular complexity index is 890. The molecule has 0 unspecified atom stereocenters. The van der Waals surface area contributed by atoms with Gasteiger partial charge >= 0.3 is 0 Å². The molecule has 3 rings (SSSR count). The van der Waals surface area contributed by atoms with Gasteiger partial charge in [-0.2, -0.15) is 0 Å². The lowest BCUT2D eigenvalue weighted by Crippen LogP contribution is -2.23. The van der Waals surface area contributed by atoms with Crippen LogP contribution in [-0.4, -0.2) is 27.4 Å². The van der Waals surface area contributed by atoms with Crippen molar-refractivity contribution in [3.05, 3.63) is 89.5 Å². The van der Waals surface area contributed by atoms with Crippen molar-refractivity contribution in [2.75, 3.05) is 6.54 Å². The third kappa shape index (κ3) is 5.11. The predicted molar refractivity (Wildman–Crippen MR) is 97.7 cm³/mol. The van der Waals surface area contributed by atoms with E-state index in [1.807, 2.05) is 30.3 Å². The summed E-state index contributed by atoms with van der Waals surface area (Å²) in [6.45, 7) is 0.987. The van der Waals surface area contributed by atoms with Crippen LogP contribution < -0.4 is 5.32 Å². The first-order valence-electron chi connectivity index (χ1n) is 8.34. The highest BCUT2D eigenvalue weighted by Gasteiger charge is 2.02. The highest BCUT2D eigenvalue weighted by molar-refractivity contribution is 5.91. The minimum absolute atomic E-state index is 0.251. The fourth-order valence-electron chi connectivity index (χ4n) is 2.48. The number of benzene rings is 2. The molecule has 0 radical (unpaired) electrons. The lowest BCUT2D eigenvalue weighted by Gasteiger charge is -2.03. The number of nitrogens with zero attached hydrogens (tertiary/aromatic N) is 3. The molecule has 5 nitrogen and oxygen atoms in total. The van der Waals surface area contributed by atoms with Crippen LogP contribution in [0.1, 0.15) is 16.8 Å². The monoisotopic (exact) mass is 350 g/mol. The van der Waals surface area contributed by atoms with Crippen LogP contribution in [0.4, 0.5) is 4.39 Å². The largest absolute Gasteiger partial charge is 0.352 e. The Labute approximate surface area is 151 Å². The molecular formula is C20H19FN4O. The predicted octanol–water partition coefficient (Wildman–Crippen LogP) is 2.84. The van der Waals surface area contributed by atoms with Crippen LogP contribution in [0.25, 0.3) is 6.08 Å². The topological polar surface area (TPSA) is 59.8 Å². The Morgan fingerprint density at radius 1 is 1.12 bits per heavy atom. The molecule has 0 saturated heterocycles. The molecule has 0 aliphatic heterocycles. The maximum Gasteiger partial charge on any atom is 0.244 e. The number of aromatic nitrogens is 3. The number of nitrogens with one attached hydrogen (secondary N) is 1. The second-order valence-corrected chi connectivity index (χ2v) is 5.79. The summed E-state index contributed by atoms with van der Waals surface area (Å²) in [4.78, 5) is 11.8. The van der Waals surface area contributed by atoms with Gasteiger partial charge in [0.25, 0.3) is 0 Å². The van der Waals surface area contributed by atoms with Crippen LogP contribution in [0.5, 0.6) is 0 Å². The van der Waals surface area contributed by atoms with E-state index in [-0.39, 0.29) is 11.7 Å². The number of hydrogen-bond donors (Lipinski definition) is 1. The molecule has 1 aromatic heterocycles. The zero-order valence-electron chi connectivity index (χ0n) is 14.2. The molecule has 0 aliphatic carbocycles. The molecule has 1 heterocycles. The molecular weight excluding hydrogens is 331 g/mol. The molecule has 2 aromatic carbocycles. The van der Waals surface area contributed by atoms with E-state index in [1.54, 1.807) is 35.2 Å². The van der Waals surface area contributed by atoms with Crippen molar-refractivity contribution >= 4 is 12.0 Å². The zero-order valence-corrected chi connectivity index (χ0v) is 14.2. The van der Waals surface area contributed by atoms with Crippen LogP contribution in [0.15, 0.2) is 66.9 Å². The summed E-state index contributed by atoms with van der Waals surface area (Å²) in [5.41, 5.74) is 2.31. The van der Waals surface area contributed by atoms with Gasteiger partial charge < -0.3 is 5.32 Å². The third-order valence-electron chi connectivity index (χ3n) is 3.80. The second kappa shape index (κ2) is 8.71. The highest BCUT2D eigenvalue weighted by Crippen LogP contribution is 2.06. The van der Waals surface area contributed by atoms with Crippen molar-refractivity contribution in [1.29, 1.82) is 0 Å². The van der Waals surface area contributed by atoms with E-state index in [1.165, 1.54) is 12.1 Å². The van der Waals surface area contributed by atoms with Gasteiger partial charge in [0.15, 0.2) is 0 Å². The van der Waals surface area contributed by atoms with Crippen LogP contribution in [0, 0.1) is 5.82 Å². The van der Waals surface area contributed by atoms with Crippen molar-refractivity contribution < 1.29 is 9.18 Å². The van der Waals surface area contributed by atoms with E-state index in [4.69, 9.17) is 0 Å². The molecule has 0 bridgehead atoms. The van der Waals surface area contributed by atoms with Gasteiger partial charge in [-0.05, 0) is 29.7 Å². The quantitative estimate of drug-likeness (QED) is 0.667. The molecule has 26 heavy (non-hydrogen) atoms. The van der Waals surface area contributed by atoms with E-state index < -0.39 is 0 Å². The minimum atomic E-state index is -0.257. The fourth-order valence-corrected chi connectivity index (χ4v) is 2.48. The summed E-state index contributed by atoms with van der Waals surface area (Å²) in [6.07, 6.45) is 5.22. The third-order valence-corrected chi connectivity index (χ3v) is 3.80. The first-order valence-corrected chi connectivity index (χ1v) is 8.34.